The Labute approximate surface area is 355 Å². The molecule has 57 heavy (non-hydrogen) atoms. The van der Waals surface area contributed by atoms with Gasteiger partial charge in [-0.3, -0.25) is 4.79 Å². The zero-order chi connectivity index (χ0) is 41.4. The van der Waals surface area contributed by atoms with Crippen molar-refractivity contribution in [3.63, 3.8) is 0 Å². The van der Waals surface area contributed by atoms with E-state index < -0.39 is 12.1 Å². The Balaban J connectivity index is 3.59. The Bertz CT molecular complexity index is 992. The van der Waals surface area contributed by atoms with Crippen molar-refractivity contribution >= 4 is 5.91 Å². The number of aliphatic hydroxyl groups is 2. The maximum absolute atomic E-state index is 12.4. The van der Waals surface area contributed by atoms with Gasteiger partial charge >= 0.3 is 0 Å². The van der Waals surface area contributed by atoms with E-state index in [1.165, 1.54) is 148 Å². The summed E-state index contributed by atoms with van der Waals surface area (Å²) in [5, 5.41) is 23.1. The van der Waals surface area contributed by atoms with Crippen LogP contribution < -0.4 is 5.32 Å². The van der Waals surface area contributed by atoms with Gasteiger partial charge in [-0.2, -0.15) is 0 Å². The topological polar surface area (TPSA) is 69.6 Å². The first-order valence-electron chi connectivity index (χ1n) is 24.7. The molecule has 0 fully saturated rings. The van der Waals surface area contributed by atoms with Gasteiger partial charge in [-0.15, -0.1) is 0 Å². The molecule has 0 bridgehead atoms. The summed E-state index contributed by atoms with van der Waals surface area (Å²) < 4.78 is 0. The highest BCUT2D eigenvalue weighted by Crippen LogP contribution is 2.16. The van der Waals surface area contributed by atoms with Gasteiger partial charge in [0.25, 0.3) is 0 Å². The molecule has 0 heterocycles. The second-order valence-corrected chi connectivity index (χ2v) is 16.5. The minimum Gasteiger partial charge on any atom is -0.394 e. The van der Waals surface area contributed by atoms with Gasteiger partial charge in [-0.1, -0.05) is 241 Å². The SMILES string of the molecule is CC/C=C\C/C=C\C/C=C\C/C=C\C/C=C\CCCCCCCC(=O)NC(CO)C(O)/C=C/CCCCCCCCCCCCCCCCCCCCCCCC. The molecule has 0 saturated carbocycles. The van der Waals surface area contributed by atoms with Crippen LogP contribution in [-0.2, 0) is 4.79 Å². The molecule has 0 aliphatic carbocycles. The zero-order valence-corrected chi connectivity index (χ0v) is 37.8. The molecule has 0 radical (unpaired) electrons. The third-order valence-electron chi connectivity index (χ3n) is 10.9. The smallest absolute Gasteiger partial charge is 0.220 e. The third kappa shape index (κ3) is 44.8. The van der Waals surface area contributed by atoms with Gasteiger partial charge in [0.15, 0.2) is 0 Å². The maximum atomic E-state index is 12.4. The molecule has 0 rings (SSSR count). The summed E-state index contributed by atoms with van der Waals surface area (Å²) in [6.07, 6.45) is 68.8. The molecule has 4 nitrogen and oxygen atoms in total. The van der Waals surface area contributed by atoms with E-state index in [-0.39, 0.29) is 12.5 Å². The van der Waals surface area contributed by atoms with Crippen molar-refractivity contribution in [3.8, 4) is 0 Å². The summed E-state index contributed by atoms with van der Waals surface area (Å²) in [5.41, 5.74) is 0. The highest BCUT2D eigenvalue weighted by atomic mass is 16.3. The van der Waals surface area contributed by atoms with Gasteiger partial charge in [-0.25, -0.2) is 0 Å². The lowest BCUT2D eigenvalue weighted by Crippen LogP contribution is -2.45. The Hall–Kier alpha value is -2.17. The van der Waals surface area contributed by atoms with E-state index in [2.05, 4.69) is 79.9 Å². The lowest BCUT2D eigenvalue weighted by atomic mass is 10.0. The molecule has 4 heteroatoms. The normalized spacial score (nSPS) is 13.5. The summed E-state index contributed by atoms with van der Waals surface area (Å²) in [6, 6.07) is -0.637. The predicted molar refractivity (Wildman–Crippen MR) is 253 cm³/mol. The maximum Gasteiger partial charge on any atom is 0.220 e. The number of unbranched alkanes of at least 4 members (excludes halogenated alkanes) is 27. The number of amides is 1. The van der Waals surface area contributed by atoms with Gasteiger partial charge in [-0.05, 0) is 64.2 Å². The van der Waals surface area contributed by atoms with Crippen molar-refractivity contribution in [2.75, 3.05) is 6.61 Å². The second-order valence-electron chi connectivity index (χ2n) is 16.5. The summed E-state index contributed by atoms with van der Waals surface area (Å²) in [5.74, 6) is -0.0835. The van der Waals surface area contributed by atoms with Crippen LogP contribution in [0.1, 0.15) is 239 Å². The van der Waals surface area contributed by atoms with Crippen LogP contribution in [0, 0.1) is 0 Å². The van der Waals surface area contributed by atoms with Crippen molar-refractivity contribution in [3.05, 3.63) is 72.9 Å². The van der Waals surface area contributed by atoms with Crippen molar-refractivity contribution in [2.45, 2.75) is 251 Å². The number of nitrogens with one attached hydrogen (secondary N) is 1. The molecule has 0 aromatic heterocycles. The molecule has 3 N–H and O–H groups in total. The zero-order valence-electron chi connectivity index (χ0n) is 37.8. The quantitative estimate of drug-likeness (QED) is 0.0425. The van der Waals surface area contributed by atoms with Crippen LogP contribution in [0.5, 0.6) is 0 Å². The minimum atomic E-state index is -0.852. The van der Waals surface area contributed by atoms with Crippen LogP contribution in [0.25, 0.3) is 0 Å². The monoisotopic (exact) mass is 794 g/mol. The van der Waals surface area contributed by atoms with E-state index in [0.717, 1.165) is 70.6 Å². The van der Waals surface area contributed by atoms with Gasteiger partial charge in [0.2, 0.25) is 5.91 Å². The summed E-state index contributed by atoms with van der Waals surface area (Å²) >= 11 is 0. The van der Waals surface area contributed by atoms with Crippen molar-refractivity contribution in [1.29, 1.82) is 0 Å². The molecule has 0 aliphatic heterocycles. The molecule has 0 aromatic rings. The molecule has 1 amide bonds. The van der Waals surface area contributed by atoms with E-state index >= 15 is 0 Å². The summed E-state index contributed by atoms with van der Waals surface area (Å²) in [4.78, 5) is 12.4. The molecule has 330 valence electrons. The van der Waals surface area contributed by atoms with Gasteiger partial charge < -0.3 is 15.5 Å². The number of allylic oxidation sites excluding steroid dienone is 11. The van der Waals surface area contributed by atoms with Crippen molar-refractivity contribution in [2.24, 2.45) is 0 Å². The molecular formula is C53H95NO3. The molecule has 0 aliphatic rings. The fourth-order valence-corrected chi connectivity index (χ4v) is 7.21. The van der Waals surface area contributed by atoms with Gasteiger partial charge in [0, 0.05) is 6.42 Å². The number of hydrogen-bond acceptors (Lipinski definition) is 3. The summed E-state index contributed by atoms with van der Waals surface area (Å²) in [6.45, 7) is 4.20. The molecular weight excluding hydrogens is 699 g/mol. The Morgan fingerprint density at radius 2 is 0.772 bits per heavy atom. The number of aliphatic hydroxyl groups excluding tert-OH is 2. The lowest BCUT2D eigenvalue weighted by Gasteiger charge is -2.20. The lowest BCUT2D eigenvalue weighted by molar-refractivity contribution is -0.123. The fraction of sp³-hybridized carbons (Fsp3) is 0.755. The highest BCUT2D eigenvalue weighted by molar-refractivity contribution is 5.76. The Kier molecular flexibility index (Phi) is 46.4. The first-order valence-corrected chi connectivity index (χ1v) is 24.7. The third-order valence-corrected chi connectivity index (χ3v) is 10.9. The van der Waals surface area contributed by atoms with Crippen LogP contribution in [0.2, 0.25) is 0 Å². The average molecular weight is 794 g/mol. The predicted octanol–water partition coefficient (Wildman–Crippen LogP) is 15.9. The van der Waals surface area contributed by atoms with E-state index in [9.17, 15) is 15.0 Å². The number of carbonyl (C=O) groups is 1. The van der Waals surface area contributed by atoms with Crippen LogP contribution in [0.3, 0.4) is 0 Å². The summed E-state index contributed by atoms with van der Waals surface area (Å²) in [7, 11) is 0. The van der Waals surface area contributed by atoms with Crippen LogP contribution in [0.15, 0.2) is 72.9 Å². The number of rotatable bonds is 44. The van der Waals surface area contributed by atoms with Gasteiger partial charge in [0.1, 0.15) is 0 Å². The average Bonchev–Trinajstić information content (AvgIpc) is 3.22. The second kappa shape index (κ2) is 48.2. The number of carbonyl (C=O) groups excluding carboxylic acids is 1. The molecule has 0 saturated heterocycles. The van der Waals surface area contributed by atoms with Crippen molar-refractivity contribution in [1.82, 2.24) is 5.32 Å². The molecule has 0 aromatic carbocycles. The molecule has 2 atom stereocenters. The molecule has 0 spiro atoms. The fourth-order valence-electron chi connectivity index (χ4n) is 7.21. The first-order chi connectivity index (χ1) is 28.2. The van der Waals surface area contributed by atoms with Crippen LogP contribution in [0.4, 0.5) is 0 Å². The molecule has 2 unspecified atom stereocenters. The van der Waals surface area contributed by atoms with E-state index in [1.807, 2.05) is 6.08 Å². The Morgan fingerprint density at radius 1 is 0.439 bits per heavy atom. The standard InChI is InChI=1S/C53H95NO3/c1-3-5-7-9-11-13-15-17-19-21-23-25-26-27-29-30-32-34-36-38-40-42-44-46-48-52(56)51(50-55)54-53(57)49-47-45-43-41-39-37-35-33-31-28-24-22-20-18-16-14-12-10-8-6-4-2/h6,8,12,14,18,20,24,28,33,35,46,48,51-52,55-56H,3-5,7,9-11,13,15-17,19,21-23,25-27,29-32,34,36-45,47,49-50H2,1-2H3,(H,54,57)/b8-6-,14-12-,20-18-,28-24-,35-33-,48-46+. The largest absolute Gasteiger partial charge is 0.394 e. The van der Waals surface area contributed by atoms with E-state index in [1.54, 1.807) is 6.08 Å². The first kappa shape index (κ1) is 54.8. The highest BCUT2D eigenvalue weighted by Gasteiger charge is 2.17. The number of hydrogen-bond donors (Lipinski definition) is 3. The van der Waals surface area contributed by atoms with E-state index in [4.69, 9.17) is 0 Å². The van der Waals surface area contributed by atoms with Crippen molar-refractivity contribution < 1.29 is 15.0 Å². The minimum absolute atomic E-state index is 0.0835. The van der Waals surface area contributed by atoms with Gasteiger partial charge in [0.05, 0.1) is 18.8 Å². The van der Waals surface area contributed by atoms with Crippen LogP contribution >= 0.6 is 0 Å². The Morgan fingerprint density at radius 3 is 1.16 bits per heavy atom. The van der Waals surface area contributed by atoms with Crippen LogP contribution in [-0.4, -0.2) is 34.9 Å². The van der Waals surface area contributed by atoms with E-state index in [0.29, 0.717) is 6.42 Å².